The van der Waals surface area contributed by atoms with E-state index in [4.69, 9.17) is 9.47 Å². The molecule has 1 saturated carbocycles. The van der Waals surface area contributed by atoms with Gasteiger partial charge in [-0.25, -0.2) is 0 Å². The van der Waals surface area contributed by atoms with Gasteiger partial charge in [-0.1, -0.05) is 12.1 Å². The highest BCUT2D eigenvalue weighted by Gasteiger charge is 2.58. The zero-order valence-corrected chi connectivity index (χ0v) is 12.3. The van der Waals surface area contributed by atoms with Crippen LogP contribution in [-0.4, -0.2) is 18.7 Å². The minimum absolute atomic E-state index is 0.0965. The molecule has 1 aliphatic rings. The van der Waals surface area contributed by atoms with E-state index in [1.807, 2.05) is 52.0 Å². The summed E-state index contributed by atoms with van der Waals surface area (Å²) >= 11 is 0. The highest BCUT2D eigenvalue weighted by molar-refractivity contribution is 5.82. The Labute approximate surface area is 114 Å². The lowest BCUT2D eigenvalue weighted by atomic mass is 10.0. The molecule has 3 nitrogen and oxygen atoms in total. The van der Waals surface area contributed by atoms with E-state index in [9.17, 15) is 4.79 Å². The van der Waals surface area contributed by atoms with Gasteiger partial charge in [0.1, 0.15) is 11.4 Å². The number of ether oxygens (including phenoxy) is 2. The van der Waals surface area contributed by atoms with E-state index in [0.717, 1.165) is 12.2 Å². The second-order valence-corrected chi connectivity index (χ2v) is 6.45. The number of methoxy groups -OCH3 is 1. The van der Waals surface area contributed by atoms with Gasteiger partial charge in [0.2, 0.25) is 0 Å². The first-order chi connectivity index (χ1) is 8.76. The molecular formula is C16H22O3. The highest BCUT2D eigenvalue weighted by atomic mass is 16.6. The Balaban J connectivity index is 2.07. The van der Waals surface area contributed by atoms with Gasteiger partial charge in [0.25, 0.3) is 0 Å². The summed E-state index contributed by atoms with van der Waals surface area (Å²) < 4.78 is 10.6. The Morgan fingerprint density at radius 1 is 1.26 bits per heavy atom. The van der Waals surface area contributed by atoms with Crippen LogP contribution in [0.2, 0.25) is 0 Å². The Kier molecular flexibility index (Phi) is 3.33. The maximum Gasteiger partial charge on any atom is 0.312 e. The minimum Gasteiger partial charge on any atom is -0.497 e. The van der Waals surface area contributed by atoms with Crippen LogP contribution < -0.4 is 4.74 Å². The fourth-order valence-electron chi connectivity index (χ4n) is 2.31. The molecule has 0 aromatic heterocycles. The van der Waals surface area contributed by atoms with Crippen LogP contribution in [0, 0.1) is 5.41 Å². The van der Waals surface area contributed by atoms with Crippen molar-refractivity contribution in [1.29, 1.82) is 0 Å². The Bertz CT molecular complexity index is 470. The summed E-state index contributed by atoms with van der Waals surface area (Å²) in [5.74, 6) is 0.998. The third kappa shape index (κ3) is 2.91. The predicted octanol–water partition coefficient (Wildman–Crippen LogP) is 3.53. The van der Waals surface area contributed by atoms with Crippen LogP contribution in [0.4, 0.5) is 0 Å². The molecule has 1 aliphatic carbocycles. The Hall–Kier alpha value is -1.51. The summed E-state index contributed by atoms with van der Waals surface area (Å²) in [5.41, 5.74) is 0.379. The molecule has 1 aromatic carbocycles. The molecule has 0 amide bonds. The van der Waals surface area contributed by atoms with Crippen molar-refractivity contribution in [3.05, 3.63) is 29.8 Å². The first kappa shape index (κ1) is 13.9. The first-order valence-electron chi connectivity index (χ1n) is 6.64. The monoisotopic (exact) mass is 262 g/mol. The number of hydrogen-bond acceptors (Lipinski definition) is 3. The van der Waals surface area contributed by atoms with Gasteiger partial charge in [0, 0.05) is 5.92 Å². The van der Waals surface area contributed by atoms with Gasteiger partial charge in [-0.2, -0.15) is 0 Å². The number of carbonyl (C=O) groups excluding carboxylic acids is 1. The lowest BCUT2D eigenvalue weighted by Crippen LogP contribution is -2.29. The number of esters is 1. The second-order valence-electron chi connectivity index (χ2n) is 6.45. The van der Waals surface area contributed by atoms with E-state index in [0.29, 0.717) is 0 Å². The van der Waals surface area contributed by atoms with Crippen LogP contribution in [0.5, 0.6) is 5.75 Å². The van der Waals surface area contributed by atoms with E-state index < -0.39 is 5.60 Å². The van der Waals surface area contributed by atoms with E-state index >= 15 is 0 Å². The van der Waals surface area contributed by atoms with Crippen molar-refractivity contribution in [3.63, 3.8) is 0 Å². The third-order valence-electron chi connectivity index (χ3n) is 3.62. The largest absolute Gasteiger partial charge is 0.497 e. The van der Waals surface area contributed by atoms with Crippen molar-refractivity contribution in [2.45, 2.75) is 45.6 Å². The van der Waals surface area contributed by atoms with Crippen molar-refractivity contribution in [2.24, 2.45) is 5.41 Å². The summed E-state index contributed by atoms with van der Waals surface area (Å²) in [6.07, 6.45) is 0.855. The van der Waals surface area contributed by atoms with Gasteiger partial charge in [0.05, 0.1) is 12.5 Å². The van der Waals surface area contributed by atoms with Gasteiger partial charge >= 0.3 is 5.97 Å². The molecule has 2 rings (SSSR count). The summed E-state index contributed by atoms with van der Waals surface area (Å²) in [7, 11) is 1.65. The first-order valence-corrected chi connectivity index (χ1v) is 6.64. The molecule has 0 radical (unpaired) electrons. The standard InChI is InChI=1S/C16H22O3/c1-15(2,3)19-14(17)16(4)10-13(16)11-6-8-12(18-5)9-7-11/h6-9,13H,10H2,1-5H3/t13-,16+/m0/s1. The predicted molar refractivity (Wildman–Crippen MR) is 74.3 cm³/mol. The molecule has 0 N–H and O–H groups in total. The van der Waals surface area contributed by atoms with Gasteiger partial charge in [-0.3, -0.25) is 4.79 Å². The van der Waals surface area contributed by atoms with Crippen LogP contribution in [0.3, 0.4) is 0 Å². The smallest absolute Gasteiger partial charge is 0.312 e. The molecule has 2 atom stereocenters. The quantitative estimate of drug-likeness (QED) is 0.782. The number of rotatable bonds is 3. The molecular weight excluding hydrogens is 240 g/mol. The number of hydrogen-bond donors (Lipinski definition) is 0. The average molecular weight is 262 g/mol. The van der Waals surface area contributed by atoms with Crippen LogP contribution in [0.15, 0.2) is 24.3 Å². The normalized spacial score (nSPS) is 25.8. The highest BCUT2D eigenvalue weighted by Crippen LogP contribution is 2.60. The molecule has 0 bridgehead atoms. The van der Waals surface area contributed by atoms with E-state index in [1.54, 1.807) is 7.11 Å². The average Bonchev–Trinajstić information content (AvgIpc) is 3.01. The van der Waals surface area contributed by atoms with Crippen molar-refractivity contribution in [1.82, 2.24) is 0 Å². The Morgan fingerprint density at radius 2 is 1.84 bits per heavy atom. The molecule has 0 spiro atoms. The van der Waals surface area contributed by atoms with Gasteiger partial charge < -0.3 is 9.47 Å². The van der Waals surface area contributed by atoms with Crippen molar-refractivity contribution in [3.8, 4) is 5.75 Å². The van der Waals surface area contributed by atoms with Crippen LogP contribution in [-0.2, 0) is 9.53 Å². The summed E-state index contributed by atoms with van der Waals surface area (Å²) in [6.45, 7) is 7.69. The third-order valence-corrected chi connectivity index (χ3v) is 3.62. The SMILES string of the molecule is COc1ccc([C@@H]2C[C@@]2(C)C(=O)OC(C)(C)C)cc1. The van der Waals surface area contributed by atoms with E-state index in [2.05, 4.69) is 0 Å². The number of benzene rings is 1. The van der Waals surface area contributed by atoms with Gasteiger partial charge in [-0.05, 0) is 51.8 Å². The number of carbonyl (C=O) groups is 1. The zero-order valence-electron chi connectivity index (χ0n) is 12.3. The Morgan fingerprint density at radius 3 is 2.32 bits per heavy atom. The lowest BCUT2D eigenvalue weighted by Gasteiger charge is -2.22. The van der Waals surface area contributed by atoms with Crippen LogP contribution in [0.1, 0.15) is 45.6 Å². The van der Waals surface area contributed by atoms with Crippen molar-refractivity contribution in [2.75, 3.05) is 7.11 Å². The van der Waals surface area contributed by atoms with Crippen LogP contribution in [0.25, 0.3) is 0 Å². The second kappa shape index (κ2) is 4.55. The van der Waals surface area contributed by atoms with Crippen molar-refractivity contribution < 1.29 is 14.3 Å². The molecule has 3 heteroatoms. The molecule has 0 aliphatic heterocycles. The lowest BCUT2D eigenvalue weighted by molar-refractivity contribution is -0.161. The molecule has 0 saturated heterocycles. The maximum atomic E-state index is 12.2. The molecule has 104 valence electrons. The van der Waals surface area contributed by atoms with Crippen LogP contribution >= 0.6 is 0 Å². The molecule has 1 aromatic rings. The molecule has 0 unspecified atom stereocenters. The fourth-order valence-corrected chi connectivity index (χ4v) is 2.31. The van der Waals surface area contributed by atoms with E-state index in [-0.39, 0.29) is 17.3 Å². The van der Waals surface area contributed by atoms with Crippen molar-refractivity contribution >= 4 is 5.97 Å². The molecule has 0 heterocycles. The minimum atomic E-state index is -0.423. The molecule has 19 heavy (non-hydrogen) atoms. The summed E-state index contributed by atoms with van der Waals surface area (Å²) in [6, 6.07) is 7.92. The summed E-state index contributed by atoms with van der Waals surface area (Å²) in [4.78, 5) is 12.2. The topological polar surface area (TPSA) is 35.5 Å². The fraction of sp³-hybridized carbons (Fsp3) is 0.562. The van der Waals surface area contributed by atoms with Gasteiger partial charge in [-0.15, -0.1) is 0 Å². The van der Waals surface area contributed by atoms with Gasteiger partial charge in [0.15, 0.2) is 0 Å². The zero-order chi connectivity index (χ0) is 14.3. The summed E-state index contributed by atoms with van der Waals surface area (Å²) in [5, 5.41) is 0. The molecule has 1 fully saturated rings. The van der Waals surface area contributed by atoms with E-state index in [1.165, 1.54) is 5.56 Å². The maximum absolute atomic E-state index is 12.2.